The van der Waals surface area contributed by atoms with E-state index in [0.29, 0.717) is 12.0 Å². The van der Waals surface area contributed by atoms with Crippen LogP contribution >= 0.6 is 0 Å². The minimum atomic E-state index is 0.259. The highest BCUT2D eigenvalue weighted by Gasteiger charge is 2.20. The molecule has 1 heterocycles. The van der Waals surface area contributed by atoms with Crippen LogP contribution in [-0.4, -0.2) is 42.7 Å². The number of aliphatic imine (C=N–C) groups is 1. The van der Waals surface area contributed by atoms with Gasteiger partial charge >= 0.3 is 0 Å². The number of rotatable bonds is 1. The lowest BCUT2D eigenvalue weighted by Crippen LogP contribution is -2.50. The normalized spacial score (nSPS) is 25.4. The zero-order valence-corrected chi connectivity index (χ0v) is 8.66. The Labute approximate surface area is 79.8 Å². The lowest BCUT2D eigenvalue weighted by atomic mass is 10.3. The monoisotopic (exact) mass is 185 g/mol. The minimum absolute atomic E-state index is 0.259. The van der Waals surface area contributed by atoms with Crippen LogP contribution < -0.4 is 5.73 Å². The molecule has 13 heavy (non-hydrogen) atoms. The molecule has 1 atom stereocenters. The van der Waals surface area contributed by atoms with Gasteiger partial charge in [0.1, 0.15) is 0 Å². The third kappa shape index (κ3) is 2.88. The summed E-state index contributed by atoms with van der Waals surface area (Å²) in [6, 6.07) is 0.603. The van der Waals surface area contributed by atoms with E-state index in [0.717, 1.165) is 19.8 Å². The molecule has 2 N–H and O–H groups in total. The SMILES string of the molecule is CC(C)N=C(N)N1CCOCC1C. The van der Waals surface area contributed by atoms with E-state index in [1.807, 2.05) is 13.8 Å². The molecule has 1 aliphatic rings. The zero-order valence-electron chi connectivity index (χ0n) is 8.66. The van der Waals surface area contributed by atoms with Crippen molar-refractivity contribution in [1.82, 2.24) is 4.90 Å². The van der Waals surface area contributed by atoms with Gasteiger partial charge in [-0.3, -0.25) is 4.99 Å². The Hall–Kier alpha value is -0.770. The van der Waals surface area contributed by atoms with E-state index in [2.05, 4.69) is 16.8 Å². The Morgan fingerprint density at radius 2 is 2.31 bits per heavy atom. The molecular formula is C9H19N3O. The molecule has 1 unspecified atom stereocenters. The fourth-order valence-electron chi connectivity index (χ4n) is 1.41. The minimum Gasteiger partial charge on any atom is -0.377 e. The van der Waals surface area contributed by atoms with E-state index in [1.165, 1.54) is 0 Å². The molecule has 0 bridgehead atoms. The summed E-state index contributed by atoms with van der Waals surface area (Å²) in [5.74, 6) is 0.644. The second-order valence-corrected chi connectivity index (χ2v) is 3.70. The molecule has 0 radical (unpaired) electrons. The first-order valence-electron chi connectivity index (χ1n) is 4.79. The molecule has 1 aliphatic heterocycles. The molecule has 0 aromatic rings. The maximum atomic E-state index is 5.86. The summed E-state index contributed by atoms with van der Waals surface area (Å²) in [5, 5.41) is 0. The van der Waals surface area contributed by atoms with Crippen molar-refractivity contribution in [1.29, 1.82) is 0 Å². The molecule has 0 aromatic heterocycles. The predicted octanol–water partition coefficient (Wildman–Crippen LogP) is 0.430. The molecule has 0 saturated carbocycles. The van der Waals surface area contributed by atoms with Crippen molar-refractivity contribution in [3.8, 4) is 0 Å². The first kappa shape index (κ1) is 10.3. The van der Waals surface area contributed by atoms with Crippen LogP contribution in [0.25, 0.3) is 0 Å². The Morgan fingerprint density at radius 1 is 1.62 bits per heavy atom. The van der Waals surface area contributed by atoms with E-state index in [9.17, 15) is 0 Å². The highest BCUT2D eigenvalue weighted by atomic mass is 16.5. The van der Waals surface area contributed by atoms with Gasteiger partial charge < -0.3 is 15.4 Å². The average Bonchev–Trinajstić information content (AvgIpc) is 2.03. The maximum absolute atomic E-state index is 5.86. The van der Waals surface area contributed by atoms with Gasteiger partial charge in [0.25, 0.3) is 0 Å². The molecule has 1 rings (SSSR count). The summed E-state index contributed by atoms with van der Waals surface area (Å²) in [4.78, 5) is 6.42. The van der Waals surface area contributed by atoms with Gasteiger partial charge in [-0.15, -0.1) is 0 Å². The predicted molar refractivity (Wildman–Crippen MR) is 53.7 cm³/mol. The topological polar surface area (TPSA) is 50.8 Å². The zero-order chi connectivity index (χ0) is 9.84. The van der Waals surface area contributed by atoms with Crippen LogP contribution in [0.5, 0.6) is 0 Å². The van der Waals surface area contributed by atoms with Gasteiger partial charge in [-0.25, -0.2) is 0 Å². The van der Waals surface area contributed by atoms with E-state index in [4.69, 9.17) is 10.5 Å². The van der Waals surface area contributed by atoms with Gasteiger partial charge in [0.05, 0.1) is 19.3 Å². The molecule has 4 nitrogen and oxygen atoms in total. The van der Waals surface area contributed by atoms with Gasteiger partial charge in [-0.1, -0.05) is 0 Å². The molecule has 4 heteroatoms. The van der Waals surface area contributed by atoms with Crippen molar-refractivity contribution < 1.29 is 4.74 Å². The van der Waals surface area contributed by atoms with Crippen molar-refractivity contribution in [2.45, 2.75) is 32.9 Å². The van der Waals surface area contributed by atoms with Crippen LogP contribution in [0.2, 0.25) is 0 Å². The lowest BCUT2D eigenvalue weighted by molar-refractivity contribution is 0.0324. The van der Waals surface area contributed by atoms with Gasteiger partial charge in [-0.05, 0) is 20.8 Å². The van der Waals surface area contributed by atoms with Crippen molar-refractivity contribution in [3.63, 3.8) is 0 Å². The summed E-state index contributed by atoms with van der Waals surface area (Å²) in [7, 11) is 0. The summed E-state index contributed by atoms with van der Waals surface area (Å²) in [5.41, 5.74) is 5.86. The second-order valence-electron chi connectivity index (χ2n) is 3.70. The second kappa shape index (κ2) is 4.46. The smallest absolute Gasteiger partial charge is 0.191 e. The first-order valence-corrected chi connectivity index (χ1v) is 4.79. The van der Waals surface area contributed by atoms with Crippen LogP contribution in [0, 0.1) is 0 Å². The molecule has 1 fully saturated rings. The number of hydrogen-bond donors (Lipinski definition) is 1. The highest BCUT2D eigenvalue weighted by Crippen LogP contribution is 2.05. The molecule has 76 valence electrons. The Balaban J connectivity index is 2.58. The fourth-order valence-corrected chi connectivity index (χ4v) is 1.41. The maximum Gasteiger partial charge on any atom is 0.191 e. The lowest BCUT2D eigenvalue weighted by Gasteiger charge is -2.34. The van der Waals surface area contributed by atoms with Crippen LogP contribution in [0.4, 0.5) is 0 Å². The largest absolute Gasteiger partial charge is 0.377 e. The number of nitrogens with zero attached hydrogens (tertiary/aromatic N) is 2. The number of guanidine groups is 1. The van der Waals surface area contributed by atoms with Gasteiger partial charge in [0, 0.05) is 12.6 Å². The molecule has 0 aromatic carbocycles. The average molecular weight is 185 g/mol. The number of ether oxygens (including phenoxy) is 1. The van der Waals surface area contributed by atoms with Crippen molar-refractivity contribution >= 4 is 5.96 Å². The highest BCUT2D eigenvalue weighted by molar-refractivity contribution is 5.78. The van der Waals surface area contributed by atoms with Crippen molar-refractivity contribution in [3.05, 3.63) is 0 Å². The third-order valence-corrected chi connectivity index (χ3v) is 2.05. The molecule has 1 saturated heterocycles. The van der Waals surface area contributed by atoms with Crippen molar-refractivity contribution in [2.24, 2.45) is 10.7 Å². The Kier molecular flexibility index (Phi) is 3.54. The quantitative estimate of drug-likeness (QED) is 0.476. The molecular weight excluding hydrogens is 166 g/mol. The summed E-state index contributed by atoms with van der Waals surface area (Å²) in [6.07, 6.45) is 0. The number of nitrogens with two attached hydrogens (primary N) is 1. The standard InChI is InChI=1S/C9H19N3O/c1-7(2)11-9(10)12-4-5-13-6-8(12)3/h7-8H,4-6H2,1-3H3,(H2,10,11). The molecule has 0 amide bonds. The van der Waals surface area contributed by atoms with Crippen LogP contribution in [0.15, 0.2) is 4.99 Å². The molecule has 0 aliphatic carbocycles. The van der Waals surface area contributed by atoms with E-state index < -0.39 is 0 Å². The summed E-state index contributed by atoms with van der Waals surface area (Å²) in [6.45, 7) is 8.49. The van der Waals surface area contributed by atoms with Crippen molar-refractivity contribution in [2.75, 3.05) is 19.8 Å². The number of morpholine rings is 1. The van der Waals surface area contributed by atoms with Gasteiger partial charge in [-0.2, -0.15) is 0 Å². The Morgan fingerprint density at radius 3 is 2.85 bits per heavy atom. The van der Waals surface area contributed by atoms with Gasteiger partial charge in [0.2, 0.25) is 0 Å². The van der Waals surface area contributed by atoms with Gasteiger partial charge in [0.15, 0.2) is 5.96 Å². The summed E-state index contributed by atoms with van der Waals surface area (Å²) < 4.78 is 5.31. The van der Waals surface area contributed by atoms with Crippen LogP contribution in [0.1, 0.15) is 20.8 Å². The third-order valence-electron chi connectivity index (χ3n) is 2.05. The number of hydrogen-bond acceptors (Lipinski definition) is 2. The summed E-state index contributed by atoms with van der Waals surface area (Å²) >= 11 is 0. The Bertz CT molecular complexity index is 191. The van der Waals surface area contributed by atoms with Crippen LogP contribution in [0.3, 0.4) is 0 Å². The van der Waals surface area contributed by atoms with E-state index in [1.54, 1.807) is 0 Å². The molecule has 0 spiro atoms. The van der Waals surface area contributed by atoms with E-state index in [-0.39, 0.29) is 6.04 Å². The first-order chi connectivity index (χ1) is 6.11. The van der Waals surface area contributed by atoms with E-state index >= 15 is 0 Å². The van der Waals surface area contributed by atoms with Crippen LogP contribution in [-0.2, 0) is 4.74 Å². The fraction of sp³-hybridized carbons (Fsp3) is 0.889.